The van der Waals surface area contributed by atoms with Gasteiger partial charge >= 0.3 is 0 Å². The van der Waals surface area contributed by atoms with E-state index in [1.807, 2.05) is 42.2 Å². The summed E-state index contributed by atoms with van der Waals surface area (Å²) in [5.74, 6) is 2.61. The fourth-order valence-electron chi connectivity index (χ4n) is 4.02. The van der Waals surface area contributed by atoms with Gasteiger partial charge in [-0.05, 0) is 52.3 Å². The summed E-state index contributed by atoms with van der Waals surface area (Å²) in [5, 5.41) is 8.88. The molecule has 3 aromatic heterocycles. The zero-order valence-electron chi connectivity index (χ0n) is 20.5. The van der Waals surface area contributed by atoms with E-state index < -0.39 is 11.4 Å². The van der Waals surface area contributed by atoms with E-state index in [1.165, 1.54) is 0 Å². The standard InChI is InChI=1S/C24H28N8O2.H2O/c1-14(2)32-22(27-15(3)29-32)19-13-30-8-9-34-20-10-16(6-7-18(20)21(30)28-19)17-11-26-31(12-17)24(4,5)23(25)33;/h6-7,10-14H,8-9H2,1-5H3,(H2,25,33);1H2. The van der Waals surface area contributed by atoms with E-state index in [1.54, 1.807) is 24.7 Å². The molecule has 0 saturated heterocycles. The number of carbonyl (C=O) groups excluding carboxylic acids is 1. The Morgan fingerprint density at radius 2 is 1.91 bits per heavy atom. The van der Waals surface area contributed by atoms with Crippen molar-refractivity contribution in [2.75, 3.05) is 6.61 Å². The number of rotatable bonds is 5. The van der Waals surface area contributed by atoms with Crippen LogP contribution in [0.1, 0.15) is 39.6 Å². The predicted octanol–water partition coefficient (Wildman–Crippen LogP) is 2.35. The lowest BCUT2D eigenvalue weighted by Gasteiger charge is -2.20. The van der Waals surface area contributed by atoms with Crippen LogP contribution in [0.2, 0.25) is 0 Å². The molecule has 0 spiro atoms. The van der Waals surface area contributed by atoms with Crippen molar-refractivity contribution in [1.82, 2.24) is 34.1 Å². The molecular weight excluding hydrogens is 448 g/mol. The van der Waals surface area contributed by atoms with Crippen LogP contribution in [0, 0.1) is 6.92 Å². The molecule has 0 radical (unpaired) electrons. The zero-order chi connectivity index (χ0) is 24.2. The van der Waals surface area contributed by atoms with Crippen molar-refractivity contribution in [3.63, 3.8) is 0 Å². The van der Waals surface area contributed by atoms with Gasteiger partial charge in [-0.3, -0.25) is 9.48 Å². The zero-order valence-corrected chi connectivity index (χ0v) is 20.5. The van der Waals surface area contributed by atoms with Crippen LogP contribution in [0.25, 0.3) is 34.0 Å². The molecule has 0 saturated carbocycles. The molecule has 11 heteroatoms. The first-order valence-electron chi connectivity index (χ1n) is 11.3. The second-order valence-electron chi connectivity index (χ2n) is 9.32. The highest BCUT2D eigenvalue weighted by Gasteiger charge is 2.28. The van der Waals surface area contributed by atoms with E-state index in [0.29, 0.717) is 13.2 Å². The third-order valence-electron chi connectivity index (χ3n) is 6.14. The number of aromatic nitrogens is 7. The molecule has 5 rings (SSSR count). The lowest BCUT2D eigenvalue weighted by Crippen LogP contribution is -2.41. The van der Waals surface area contributed by atoms with Crippen LogP contribution in [-0.4, -0.2) is 52.1 Å². The smallest absolute Gasteiger partial charge is 0.244 e. The highest BCUT2D eigenvalue weighted by Crippen LogP contribution is 2.37. The number of amides is 1. The Morgan fingerprint density at radius 1 is 1.14 bits per heavy atom. The summed E-state index contributed by atoms with van der Waals surface area (Å²) in [4.78, 5) is 21.3. The number of fused-ring (bicyclic) bond motifs is 3. The molecule has 0 atom stereocenters. The maximum absolute atomic E-state index is 11.8. The van der Waals surface area contributed by atoms with Crippen molar-refractivity contribution in [3.8, 4) is 39.8 Å². The van der Waals surface area contributed by atoms with Gasteiger partial charge in [0, 0.05) is 24.0 Å². The minimum absolute atomic E-state index is 0. The third-order valence-corrected chi connectivity index (χ3v) is 6.14. The number of aryl methyl sites for hydroxylation is 1. The van der Waals surface area contributed by atoms with Crippen molar-refractivity contribution < 1.29 is 15.0 Å². The summed E-state index contributed by atoms with van der Waals surface area (Å²) in [7, 11) is 0. The van der Waals surface area contributed by atoms with Gasteiger partial charge in [0.25, 0.3) is 0 Å². The number of nitrogens with two attached hydrogens (primary N) is 1. The molecule has 0 aliphatic carbocycles. The Labute approximate surface area is 202 Å². The molecule has 0 fully saturated rings. The molecule has 1 aliphatic rings. The van der Waals surface area contributed by atoms with Crippen molar-refractivity contribution in [1.29, 1.82) is 0 Å². The lowest BCUT2D eigenvalue weighted by atomic mass is 10.0. The van der Waals surface area contributed by atoms with E-state index >= 15 is 0 Å². The van der Waals surface area contributed by atoms with Crippen molar-refractivity contribution >= 4 is 5.91 Å². The number of hydrogen-bond donors (Lipinski definition) is 1. The summed E-state index contributed by atoms with van der Waals surface area (Å²) < 4.78 is 11.7. The Hall–Kier alpha value is -3.99. The van der Waals surface area contributed by atoms with E-state index in [4.69, 9.17) is 15.5 Å². The molecule has 0 unspecified atom stereocenters. The van der Waals surface area contributed by atoms with Crippen LogP contribution >= 0.6 is 0 Å². The van der Waals surface area contributed by atoms with Crippen LogP contribution < -0.4 is 10.5 Å². The van der Waals surface area contributed by atoms with Crippen molar-refractivity contribution in [2.24, 2.45) is 5.73 Å². The van der Waals surface area contributed by atoms with Crippen molar-refractivity contribution in [2.45, 2.75) is 52.7 Å². The molecule has 35 heavy (non-hydrogen) atoms. The van der Waals surface area contributed by atoms with Gasteiger partial charge in [-0.25, -0.2) is 14.6 Å². The van der Waals surface area contributed by atoms with Gasteiger partial charge in [-0.1, -0.05) is 6.07 Å². The first-order valence-corrected chi connectivity index (χ1v) is 11.3. The van der Waals surface area contributed by atoms with E-state index in [2.05, 4.69) is 33.6 Å². The lowest BCUT2D eigenvalue weighted by molar-refractivity contribution is -0.125. The third kappa shape index (κ3) is 4.08. The summed E-state index contributed by atoms with van der Waals surface area (Å²) in [6, 6.07) is 6.18. The second kappa shape index (κ2) is 8.66. The number of carbonyl (C=O) groups is 1. The summed E-state index contributed by atoms with van der Waals surface area (Å²) in [5.41, 5.74) is 8.11. The molecule has 1 aliphatic heterocycles. The van der Waals surface area contributed by atoms with Crippen molar-refractivity contribution in [3.05, 3.63) is 42.6 Å². The van der Waals surface area contributed by atoms with Gasteiger partial charge in [-0.15, -0.1) is 0 Å². The number of imidazole rings is 1. The number of primary amides is 1. The first kappa shape index (κ1) is 24.1. The Morgan fingerprint density at radius 3 is 2.63 bits per heavy atom. The average Bonchev–Trinajstić information content (AvgIpc) is 3.50. The van der Waals surface area contributed by atoms with E-state index in [0.717, 1.165) is 45.6 Å². The topological polar surface area (TPSA) is 150 Å². The second-order valence-corrected chi connectivity index (χ2v) is 9.32. The predicted molar refractivity (Wildman–Crippen MR) is 131 cm³/mol. The van der Waals surface area contributed by atoms with Crippen LogP contribution in [-0.2, 0) is 16.9 Å². The van der Waals surface area contributed by atoms with Gasteiger partial charge in [0.15, 0.2) is 5.82 Å². The molecule has 1 amide bonds. The van der Waals surface area contributed by atoms with E-state index in [-0.39, 0.29) is 11.5 Å². The number of ether oxygens (including phenoxy) is 1. The highest BCUT2D eigenvalue weighted by atomic mass is 16.5. The normalized spacial score (nSPS) is 13.0. The summed E-state index contributed by atoms with van der Waals surface area (Å²) in [6.45, 7) is 10.7. The molecule has 11 nitrogen and oxygen atoms in total. The quantitative estimate of drug-likeness (QED) is 0.465. The molecule has 1 aromatic carbocycles. The number of nitrogens with zero attached hydrogens (tertiary/aromatic N) is 7. The Bertz CT molecular complexity index is 1400. The van der Waals surface area contributed by atoms with Gasteiger partial charge in [0.2, 0.25) is 5.91 Å². The average molecular weight is 479 g/mol. The fraction of sp³-hybridized carbons (Fsp3) is 0.375. The van der Waals surface area contributed by atoms with Crippen LogP contribution in [0.4, 0.5) is 0 Å². The maximum atomic E-state index is 11.8. The molecular formula is C24H30N8O3. The van der Waals surface area contributed by atoms with Gasteiger partial charge in [-0.2, -0.15) is 10.2 Å². The first-order chi connectivity index (χ1) is 16.1. The summed E-state index contributed by atoms with van der Waals surface area (Å²) >= 11 is 0. The Balaban J connectivity index is 0.00000289. The largest absolute Gasteiger partial charge is 0.491 e. The van der Waals surface area contributed by atoms with Gasteiger partial charge in [0.1, 0.15) is 35.2 Å². The monoisotopic (exact) mass is 478 g/mol. The molecule has 184 valence electrons. The fourth-order valence-corrected chi connectivity index (χ4v) is 4.02. The molecule has 4 aromatic rings. The minimum atomic E-state index is -0.920. The van der Waals surface area contributed by atoms with Crippen LogP contribution in [0.15, 0.2) is 36.8 Å². The minimum Gasteiger partial charge on any atom is -0.491 e. The van der Waals surface area contributed by atoms with Gasteiger partial charge < -0.3 is 20.5 Å². The van der Waals surface area contributed by atoms with E-state index in [9.17, 15) is 4.79 Å². The number of benzene rings is 1. The molecule has 4 N–H and O–H groups in total. The molecule has 0 bridgehead atoms. The van der Waals surface area contributed by atoms with Crippen LogP contribution in [0.3, 0.4) is 0 Å². The van der Waals surface area contributed by atoms with Crippen LogP contribution in [0.5, 0.6) is 5.75 Å². The summed E-state index contributed by atoms with van der Waals surface area (Å²) in [6.07, 6.45) is 5.56. The maximum Gasteiger partial charge on any atom is 0.244 e. The SMILES string of the molecule is Cc1nc(-c2cn3c(n2)-c2ccc(-c4cnn(C(C)(C)C(N)=O)c4)cc2OCC3)n(C(C)C)n1.O. The van der Waals surface area contributed by atoms with Gasteiger partial charge in [0.05, 0.1) is 18.3 Å². The highest BCUT2D eigenvalue weighted by molar-refractivity contribution is 5.82. The molecule has 4 heterocycles. The Kier molecular flexibility index (Phi) is 5.97. The number of hydrogen-bond acceptors (Lipinski definition) is 6.